The van der Waals surface area contributed by atoms with Gasteiger partial charge in [0.2, 0.25) is 0 Å². The summed E-state index contributed by atoms with van der Waals surface area (Å²) in [6.07, 6.45) is 4.10. The first-order valence-corrected chi connectivity index (χ1v) is 4.76. The normalized spacial score (nSPS) is 11.9. The zero-order chi connectivity index (χ0) is 10.6. The Morgan fingerprint density at radius 2 is 1.64 bits per heavy atom. The molecule has 0 unspecified atom stereocenters. The first-order chi connectivity index (χ1) is 6.54. The van der Waals surface area contributed by atoms with Gasteiger partial charge in [0, 0.05) is 0 Å². The van der Waals surface area contributed by atoms with Gasteiger partial charge in [0.15, 0.2) is 0 Å². The molecular formula is C13H16O. The van der Waals surface area contributed by atoms with Gasteiger partial charge in [0.05, 0.1) is 0 Å². The van der Waals surface area contributed by atoms with Gasteiger partial charge in [0.25, 0.3) is 0 Å². The monoisotopic (exact) mass is 188 g/mol. The number of rotatable bonds is 2. The highest BCUT2D eigenvalue weighted by Gasteiger charge is 2.12. The Morgan fingerprint density at radius 1 is 1.07 bits per heavy atom. The van der Waals surface area contributed by atoms with E-state index < -0.39 is 0 Å². The molecule has 0 radical (unpaired) electrons. The Morgan fingerprint density at radius 3 is 2.07 bits per heavy atom. The predicted octanol–water partition coefficient (Wildman–Crippen LogP) is 3.20. The molecule has 1 rings (SSSR count). The van der Waals surface area contributed by atoms with Gasteiger partial charge in [-0.05, 0) is 22.6 Å². The molecule has 0 spiro atoms. The van der Waals surface area contributed by atoms with Crippen molar-refractivity contribution in [2.75, 3.05) is 0 Å². The number of hydrogen-bond donors (Lipinski definition) is 0. The molecule has 1 aromatic carbocycles. The largest absolute Gasteiger partial charge is 0.299 e. The van der Waals surface area contributed by atoms with Gasteiger partial charge in [-0.2, -0.15) is 0 Å². The number of allylic oxidation sites excluding steroid dienone is 1. The van der Waals surface area contributed by atoms with Crippen LogP contribution >= 0.6 is 0 Å². The lowest BCUT2D eigenvalue weighted by Gasteiger charge is -2.18. The molecule has 0 heterocycles. The van der Waals surface area contributed by atoms with Crippen molar-refractivity contribution in [1.82, 2.24) is 0 Å². The number of hydrogen-bond acceptors (Lipinski definition) is 1. The van der Waals surface area contributed by atoms with Crippen LogP contribution in [0.5, 0.6) is 0 Å². The van der Waals surface area contributed by atoms with E-state index in [1.54, 1.807) is 6.08 Å². The fraction of sp³-hybridized carbons (Fsp3) is 0.308. The Bertz CT molecular complexity index is 325. The molecule has 74 valence electrons. The smallest absolute Gasteiger partial charge is 0.142 e. The van der Waals surface area contributed by atoms with Crippen LogP contribution in [0.4, 0.5) is 0 Å². The molecule has 0 aliphatic carbocycles. The molecule has 0 fully saturated rings. The molecule has 0 bridgehead atoms. The molecule has 0 saturated carbocycles. The average Bonchev–Trinajstić information content (AvgIpc) is 2.14. The highest BCUT2D eigenvalue weighted by atomic mass is 16.1. The summed E-state index contributed by atoms with van der Waals surface area (Å²) >= 11 is 0. The quantitative estimate of drug-likeness (QED) is 0.514. The average molecular weight is 188 g/mol. The van der Waals surface area contributed by atoms with Crippen molar-refractivity contribution >= 4 is 12.4 Å². The van der Waals surface area contributed by atoms with Gasteiger partial charge in [-0.3, -0.25) is 4.79 Å². The van der Waals surface area contributed by atoms with Gasteiger partial charge < -0.3 is 0 Å². The molecule has 0 amide bonds. The van der Waals surface area contributed by atoms with Crippen LogP contribution in [0.25, 0.3) is 6.08 Å². The van der Waals surface area contributed by atoms with E-state index in [9.17, 15) is 4.79 Å². The zero-order valence-electron chi connectivity index (χ0n) is 8.95. The standard InChI is InChI=1S/C13H16O/c1-13(2,3)12-8-6-11(7-9-12)5-4-10-14/h4-10H,1-3H3. The van der Waals surface area contributed by atoms with Gasteiger partial charge in [-0.1, -0.05) is 51.1 Å². The summed E-state index contributed by atoms with van der Waals surface area (Å²) in [6.45, 7) is 6.55. The van der Waals surface area contributed by atoms with E-state index >= 15 is 0 Å². The van der Waals surface area contributed by atoms with Crippen LogP contribution in [0.15, 0.2) is 30.3 Å². The summed E-state index contributed by atoms with van der Waals surface area (Å²) in [5.74, 6) is 0. The van der Waals surface area contributed by atoms with Crippen molar-refractivity contribution < 1.29 is 4.79 Å². The van der Waals surface area contributed by atoms with Crippen LogP contribution in [0.1, 0.15) is 31.9 Å². The van der Waals surface area contributed by atoms with Crippen molar-refractivity contribution in [1.29, 1.82) is 0 Å². The minimum absolute atomic E-state index is 0.187. The fourth-order valence-corrected chi connectivity index (χ4v) is 1.24. The van der Waals surface area contributed by atoms with E-state index in [1.807, 2.05) is 12.1 Å². The van der Waals surface area contributed by atoms with Gasteiger partial charge >= 0.3 is 0 Å². The molecule has 1 heteroatoms. The summed E-state index contributed by atoms with van der Waals surface area (Å²) in [5, 5.41) is 0. The second kappa shape index (κ2) is 4.23. The molecule has 14 heavy (non-hydrogen) atoms. The van der Waals surface area contributed by atoms with Crippen molar-refractivity contribution in [3.05, 3.63) is 41.5 Å². The third-order valence-electron chi connectivity index (χ3n) is 2.14. The molecule has 0 aromatic heterocycles. The molecule has 0 saturated heterocycles. The lowest BCUT2D eigenvalue weighted by Crippen LogP contribution is -2.10. The summed E-state index contributed by atoms with van der Waals surface area (Å²) < 4.78 is 0. The van der Waals surface area contributed by atoms with E-state index in [0.717, 1.165) is 11.8 Å². The summed E-state index contributed by atoms with van der Waals surface area (Å²) in [7, 11) is 0. The Hall–Kier alpha value is -1.37. The van der Waals surface area contributed by atoms with Crippen molar-refractivity contribution in [3.63, 3.8) is 0 Å². The maximum absolute atomic E-state index is 10.1. The minimum atomic E-state index is 0.187. The topological polar surface area (TPSA) is 17.1 Å². The van der Waals surface area contributed by atoms with E-state index in [2.05, 4.69) is 32.9 Å². The second-order valence-corrected chi connectivity index (χ2v) is 4.37. The van der Waals surface area contributed by atoms with Crippen molar-refractivity contribution in [2.45, 2.75) is 26.2 Å². The lowest BCUT2D eigenvalue weighted by molar-refractivity contribution is -0.104. The van der Waals surface area contributed by atoms with Crippen molar-refractivity contribution in [3.8, 4) is 0 Å². The van der Waals surface area contributed by atoms with Crippen molar-refractivity contribution in [2.24, 2.45) is 0 Å². The zero-order valence-corrected chi connectivity index (χ0v) is 8.95. The molecule has 0 aliphatic rings. The minimum Gasteiger partial charge on any atom is -0.299 e. The van der Waals surface area contributed by atoms with E-state index in [0.29, 0.717) is 0 Å². The first-order valence-electron chi connectivity index (χ1n) is 4.76. The lowest BCUT2D eigenvalue weighted by atomic mass is 9.87. The number of carbonyl (C=O) groups is 1. The predicted molar refractivity (Wildman–Crippen MR) is 60.2 cm³/mol. The second-order valence-electron chi connectivity index (χ2n) is 4.37. The van der Waals surface area contributed by atoms with E-state index in [-0.39, 0.29) is 5.41 Å². The number of carbonyl (C=O) groups excluding carboxylic acids is 1. The maximum atomic E-state index is 10.1. The van der Waals surface area contributed by atoms with Gasteiger partial charge in [-0.25, -0.2) is 0 Å². The molecule has 1 nitrogen and oxygen atoms in total. The summed E-state index contributed by atoms with van der Waals surface area (Å²) in [5.41, 5.74) is 2.55. The van der Waals surface area contributed by atoms with E-state index in [1.165, 1.54) is 11.6 Å². The van der Waals surface area contributed by atoms with Crippen LogP contribution in [-0.2, 0) is 10.2 Å². The molecule has 0 aliphatic heterocycles. The highest BCUT2D eigenvalue weighted by Crippen LogP contribution is 2.22. The molecule has 1 aromatic rings. The van der Waals surface area contributed by atoms with Crippen LogP contribution in [0.2, 0.25) is 0 Å². The van der Waals surface area contributed by atoms with Gasteiger partial charge in [0.1, 0.15) is 6.29 Å². The van der Waals surface area contributed by atoms with Crippen LogP contribution in [0.3, 0.4) is 0 Å². The van der Waals surface area contributed by atoms with Gasteiger partial charge in [-0.15, -0.1) is 0 Å². The Labute approximate surface area is 85.5 Å². The number of aldehydes is 1. The van der Waals surface area contributed by atoms with Crippen LogP contribution in [0, 0.1) is 0 Å². The molecule has 0 atom stereocenters. The van der Waals surface area contributed by atoms with Crippen LogP contribution < -0.4 is 0 Å². The summed E-state index contributed by atoms with van der Waals surface area (Å²) in [6, 6.07) is 8.26. The first kappa shape index (κ1) is 10.7. The molecule has 0 N–H and O–H groups in total. The summed E-state index contributed by atoms with van der Waals surface area (Å²) in [4.78, 5) is 10.1. The Kier molecular flexibility index (Phi) is 3.23. The Balaban J connectivity index is 2.89. The maximum Gasteiger partial charge on any atom is 0.142 e. The molecular weight excluding hydrogens is 172 g/mol. The van der Waals surface area contributed by atoms with E-state index in [4.69, 9.17) is 0 Å². The van der Waals surface area contributed by atoms with Crippen LogP contribution in [-0.4, -0.2) is 6.29 Å². The highest BCUT2D eigenvalue weighted by molar-refractivity contribution is 5.73. The SMILES string of the molecule is CC(C)(C)c1ccc(C=CC=O)cc1. The fourth-order valence-electron chi connectivity index (χ4n) is 1.24. The third kappa shape index (κ3) is 2.84. The number of benzene rings is 1. The third-order valence-corrected chi connectivity index (χ3v) is 2.14.